The number of nitrogens with one attached hydrogen (secondary N) is 1. The first-order chi connectivity index (χ1) is 9.63. The Morgan fingerprint density at radius 3 is 2.45 bits per heavy atom. The Labute approximate surface area is 122 Å². The third kappa shape index (κ3) is 2.07. The molecule has 5 heteroatoms. The molecule has 2 N–H and O–H groups in total. The van der Waals surface area contributed by atoms with Gasteiger partial charge in [0.05, 0.1) is 11.4 Å². The predicted octanol–water partition coefficient (Wildman–Crippen LogP) is 3.05. The number of carboxylic acids is 1. The van der Waals surface area contributed by atoms with Gasteiger partial charge in [0.25, 0.3) is 0 Å². The molecule has 20 heavy (non-hydrogen) atoms. The fourth-order valence-electron chi connectivity index (χ4n) is 5.20. The van der Waals surface area contributed by atoms with Gasteiger partial charge in [-0.1, -0.05) is 11.8 Å². The Bertz CT molecular complexity index is 504. The number of rotatable bonds is 4. The summed E-state index contributed by atoms with van der Waals surface area (Å²) in [5, 5.41) is 9.51. The van der Waals surface area contributed by atoms with Gasteiger partial charge in [0.2, 0.25) is 0 Å². The smallest absolute Gasteiger partial charge is 0.313 e. The molecule has 4 fully saturated rings. The maximum absolute atomic E-state index is 10.6. The standard InChI is InChI=1S/C15H20N2O2S/c18-13(19)8-20-14-16-7-12(17-14)15-4-9-1-10(5-15)3-11(2-9)6-15/h7,9-11H,1-6,8H2,(H,16,17)(H,18,19). The molecule has 1 heterocycles. The van der Waals surface area contributed by atoms with Gasteiger partial charge in [0, 0.05) is 11.6 Å². The highest BCUT2D eigenvalue weighted by Crippen LogP contribution is 2.60. The molecule has 1 aromatic rings. The van der Waals surface area contributed by atoms with E-state index in [2.05, 4.69) is 4.98 Å². The van der Waals surface area contributed by atoms with E-state index in [1.54, 1.807) is 0 Å². The van der Waals surface area contributed by atoms with Crippen LogP contribution < -0.4 is 0 Å². The zero-order valence-corrected chi connectivity index (χ0v) is 12.3. The number of nitrogens with zero attached hydrogens (tertiary/aromatic N) is 1. The molecule has 4 aliphatic carbocycles. The lowest BCUT2D eigenvalue weighted by Gasteiger charge is -2.56. The summed E-state index contributed by atoms with van der Waals surface area (Å²) in [4.78, 5) is 18.5. The third-order valence-electron chi connectivity index (χ3n) is 5.47. The van der Waals surface area contributed by atoms with Crippen molar-refractivity contribution in [1.82, 2.24) is 9.97 Å². The first-order valence-corrected chi connectivity index (χ1v) is 8.52. The highest BCUT2D eigenvalue weighted by atomic mass is 32.2. The Morgan fingerprint density at radius 1 is 1.30 bits per heavy atom. The lowest BCUT2D eigenvalue weighted by Crippen LogP contribution is -2.48. The van der Waals surface area contributed by atoms with Crippen LogP contribution in [0.25, 0.3) is 0 Å². The Kier molecular flexibility index (Phi) is 2.88. The van der Waals surface area contributed by atoms with Crippen LogP contribution in [0.3, 0.4) is 0 Å². The minimum absolute atomic E-state index is 0.0772. The molecule has 0 atom stereocenters. The summed E-state index contributed by atoms with van der Waals surface area (Å²) < 4.78 is 0. The monoisotopic (exact) mass is 292 g/mol. The van der Waals surface area contributed by atoms with E-state index in [9.17, 15) is 4.79 Å². The quantitative estimate of drug-likeness (QED) is 0.837. The van der Waals surface area contributed by atoms with Crippen molar-refractivity contribution in [3.05, 3.63) is 11.9 Å². The van der Waals surface area contributed by atoms with Gasteiger partial charge < -0.3 is 10.1 Å². The van der Waals surface area contributed by atoms with Crippen molar-refractivity contribution in [3.63, 3.8) is 0 Å². The number of carboxylic acid groups (broad SMARTS) is 1. The summed E-state index contributed by atoms with van der Waals surface area (Å²) in [5.41, 5.74) is 1.50. The molecule has 4 saturated carbocycles. The molecule has 0 aromatic carbocycles. The van der Waals surface area contributed by atoms with Gasteiger partial charge in [-0.15, -0.1) is 0 Å². The van der Waals surface area contributed by atoms with Gasteiger partial charge >= 0.3 is 5.97 Å². The van der Waals surface area contributed by atoms with Gasteiger partial charge in [0.1, 0.15) is 0 Å². The summed E-state index contributed by atoms with van der Waals surface area (Å²) in [6.07, 6.45) is 10.2. The Morgan fingerprint density at radius 2 is 1.90 bits per heavy atom. The molecular weight excluding hydrogens is 272 g/mol. The molecule has 0 radical (unpaired) electrons. The topological polar surface area (TPSA) is 66.0 Å². The fourth-order valence-corrected chi connectivity index (χ4v) is 5.77. The molecule has 4 nitrogen and oxygen atoms in total. The van der Waals surface area contributed by atoms with Crippen molar-refractivity contribution in [1.29, 1.82) is 0 Å². The van der Waals surface area contributed by atoms with Crippen LogP contribution in [0.15, 0.2) is 11.4 Å². The number of imidazole rings is 1. The zero-order valence-electron chi connectivity index (χ0n) is 11.5. The van der Waals surface area contributed by atoms with Crippen LogP contribution in [-0.2, 0) is 10.2 Å². The summed E-state index contributed by atoms with van der Waals surface area (Å²) >= 11 is 1.29. The van der Waals surface area contributed by atoms with Gasteiger partial charge in [-0.25, -0.2) is 4.98 Å². The van der Waals surface area contributed by atoms with Crippen LogP contribution >= 0.6 is 11.8 Å². The minimum Gasteiger partial charge on any atom is -0.481 e. The molecule has 0 unspecified atom stereocenters. The minimum atomic E-state index is -0.789. The van der Waals surface area contributed by atoms with E-state index in [4.69, 9.17) is 10.1 Å². The third-order valence-corrected chi connectivity index (χ3v) is 6.34. The molecule has 0 saturated heterocycles. The van der Waals surface area contributed by atoms with E-state index in [0.717, 1.165) is 22.9 Å². The average molecular weight is 292 g/mol. The fraction of sp³-hybridized carbons (Fsp3) is 0.733. The summed E-state index contributed by atoms with van der Waals surface area (Å²) in [6, 6.07) is 0. The highest BCUT2D eigenvalue weighted by Gasteiger charge is 2.52. The molecular formula is C15H20N2O2S. The second-order valence-corrected chi connectivity index (χ2v) is 7.94. The van der Waals surface area contributed by atoms with Crippen molar-refractivity contribution in [2.45, 2.75) is 49.1 Å². The predicted molar refractivity (Wildman–Crippen MR) is 76.8 cm³/mol. The van der Waals surface area contributed by atoms with Crippen LogP contribution in [0, 0.1) is 17.8 Å². The van der Waals surface area contributed by atoms with Crippen molar-refractivity contribution in [2.24, 2.45) is 17.8 Å². The number of thioether (sulfide) groups is 1. The second-order valence-electron chi connectivity index (χ2n) is 6.97. The molecule has 5 rings (SSSR count). The number of aromatic nitrogens is 2. The van der Waals surface area contributed by atoms with E-state index >= 15 is 0 Å². The van der Waals surface area contributed by atoms with E-state index in [-0.39, 0.29) is 5.75 Å². The summed E-state index contributed by atoms with van der Waals surface area (Å²) in [5.74, 6) is 2.02. The number of hydrogen-bond acceptors (Lipinski definition) is 3. The van der Waals surface area contributed by atoms with E-state index in [1.165, 1.54) is 56.0 Å². The molecule has 0 spiro atoms. The van der Waals surface area contributed by atoms with Gasteiger partial charge in [-0.2, -0.15) is 0 Å². The first kappa shape index (κ1) is 12.7. The maximum atomic E-state index is 10.6. The largest absolute Gasteiger partial charge is 0.481 e. The zero-order chi connectivity index (χ0) is 13.7. The molecule has 4 aliphatic rings. The van der Waals surface area contributed by atoms with Crippen LogP contribution in [0.2, 0.25) is 0 Å². The van der Waals surface area contributed by atoms with Gasteiger partial charge in [-0.05, 0) is 56.3 Å². The molecule has 0 aliphatic heterocycles. The van der Waals surface area contributed by atoms with Crippen molar-refractivity contribution in [2.75, 3.05) is 5.75 Å². The second kappa shape index (κ2) is 4.52. The van der Waals surface area contributed by atoms with E-state index in [1.807, 2.05) is 6.20 Å². The van der Waals surface area contributed by atoms with Crippen LogP contribution in [0.4, 0.5) is 0 Å². The molecule has 0 amide bonds. The maximum Gasteiger partial charge on any atom is 0.313 e. The number of carbonyl (C=O) groups is 1. The lowest BCUT2D eigenvalue weighted by atomic mass is 9.49. The van der Waals surface area contributed by atoms with Gasteiger partial charge in [-0.3, -0.25) is 4.79 Å². The van der Waals surface area contributed by atoms with Crippen molar-refractivity contribution < 1.29 is 9.90 Å². The average Bonchev–Trinajstić information content (AvgIpc) is 2.84. The van der Waals surface area contributed by atoms with Crippen molar-refractivity contribution >= 4 is 17.7 Å². The molecule has 4 bridgehead atoms. The molecule has 1 aromatic heterocycles. The summed E-state index contributed by atoms with van der Waals surface area (Å²) in [7, 11) is 0. The van der Waals surface area contributed by atoms with Crippen LogP contribution in [0.1, 0.15) is 44.2 Å². The van der Waals surface area contributed by atoms with Crippen LogP contribution in [-0.4, -0.2) is 26.8 Å². The van der Waals surface area contributed by atoms with Gasteiger partial charge in [0.15, 0.2) is 5.16 Å². The molecule has 108 valence electrons. The first-order valence-electron chi connectivity index (χ1n) is 7.53. The Balaban J connectivity index is 1.56. The van der Waals surface area contributed by atoms with Crippen molar-refractivity contribution in [3.8, 4) is 0 Å². The SMILES string of the molecule is O=C(O)CSc1nc(C23CC4CC(CC(C4)C2)C3)c[nH]1. The normalized spacial score (nSPS) is 38.3. The number of aliphatic carboxylic acids is 1. The number of hydrogen-bond donors (Lipinski definition) is 2. The summed E-state index contributed by atoms with van der Waals surface area (Å²) in [6.45, 7) is 0. The Hall–Kier alpha value is -0.970. The van der Waals surface area contributed by atoms with E-state index < -0.39 is 5.97 Å². The highest BCUT2D eigenvalue weighted by molar-refractivity contribution is 7.99. The number of H-pyrrole nitrogens is 1. The number of aromatic amines is 1. The lowest BCUT2D eigenvalue weighted by molar-refractivity contribution is -0.133. The van der Waals surface area contributed by atoms with E-state index in [0.29, 0.717) is 5.41 Å². The van der Waals surface area contributed by atoms with Crippen LogP contribution in [0.5, 0.6) is 0 Å².